The number of aryl methyl sites for hydroxylation is 1. The molecule has 3 heterocycles. The summed E-state index contributed by atoms with van der Waals surface area (Å²) >= 11 is 6.46. The first-order chi connectivity index (χ1) is 15.5. The number of pyridine rings is 1. The highest BCUT2D eigenvalue weighted by atomic mass is 35.5. The van der Waals surface area contributed by atoms with Crippen LogP contribution in [0.5, 0.6) is 0 Å². The predicted octanol–water partition coefficient (Wildman–Crippen LogP) is 3.59. The molecular weight excluding hydrogens is 500 g/mol. The van der Waals surface area contributed by atoms with Gasteiger partial charge in [0.25, 0.3) is 15.6 Å². The van der Waals surface area contributed by atoms with E-state index in [1.165, 1.54) is 25.1 Å². The van der Waals surface area contributed by atoms with E-state index in [0.29, 0.717) is 0 Å². The van der Waals surface area contributed by atoms with Crippen LogP contribution < -0.4 is 15.6 Å². The van der Waals surface area contributed by atoms with Gasteiger partial charge >= 0.3 is 6.03 Å². The molecule has 0 bridgehead atoms. The molecule has 0 spiro atoms. The lowest BCUT2D eigenvalue weighted by Crippen LogP contribution is -2.34. The Hall–Kier alpha value is -3.42. The quantitative estimate of drug-likeness (QED) is 0.431. The van der Waals surface area contributed by atoms with Crippen molar-refractivity contribution < 1.29 is 22.0 Å². The summed E-state index contributed by atoms with van der Waals surface area (Å²) in [5, 5.41) is 2.08. The number of amides is 2. The summed E-state index contributed by atoms with van der Waals surface area (Å²) in [5.74, 6) is -1.99. The van der Waals surface area contributed by atoms with E-state index < -0.39 is 39.1 Å². The van der Waals surface area contributed by atoms with Gasteiger partial charge in [-0.2, -0.15) is 0 Å². The number of aromatic nitrogens is 3. The van der Waals surface area contributed by atoms with E-state index in [2.05, 4.69) is 15.3 Å². The second-order valence-corrected chi connectivity index (χ2v) is 10.2. The van der Waals surface area contributed by atoms with E-state index in [9.17, 15) is 26.8 Å². The maximum atomic E-state index is 14.8. The highest BCUT2D eigenvalue weighted by Gasteiger charge is 2.21. The molecular formula is C19H12ClF2N5O4S2. The van der Waals surface area contributed by atoms with Crippen molar-refractivity contribution in [2.24, 2.45) is 0 Å². The minimum Gasteiger partial charge on any atom is -0.306 e. The fourth-order valence-electron chi connectivity index (χ4n) is 2.95. The molecule has 33 heavy (non-hydrogen) atoms. The van der Waals surface area contributed by atoms with Gasteiger partial charge in [-0.25, -0.2) is 41.3 Å². The number of halogens is 3. The number of carbonyl (C=O) groups excluding carboxylic acids is 1. The van der Waals surface area contributed by atoms with Gasteiger partial charge < -0.3 is 5.32 Å². The summed E-state index contributed by atoms with van der Waals surface area (Å²) < 4.78 is 55.4. The molecule has 0 aliphatic carbocycles. The lowest BCUT2D eigenvalue weighted by Gasteiger charge is -2.12. The van der Waals surface area contributed by atoms with Crippen molar-refractivity contribution in [2.75, 3.05) is 5.32 Å². The zero-order chi connectivity index (χ0) is 23.9. The minimum atomic E-state index is -4.18. The van der Waals surface area contributed by atoms with Gasteiger partial charge in [0, 0.05) is 6.07 Å². The molecule has 0 fully saturated rings. The lowest BCUT2D eigenvalue weighted by atomic mass is 10.2. The number of urea groups is 1. The average Bonchev–Trinajstić information content (AvgIpc) is 3.17. The molecule has 0 saturated heterocycles. The maximum absolute atomic E-state index is 14.8. The van der Waals surface area contributed by atoms with Crippen LogP contribution in [0.4, 0.5) is 19.3 Å². The smallest absolute Gasteiger partial charge is 0.306 e. The van der Waals surface area contributed by atoms with E-state index in [0.717, 1.165) is 40.3 Å². The largest absolute Gasteiger partial charge is 0.333 e. The number of hydrogen-bond acceptors (Lipinski definition) is 7. The number of benzene rings is 1. The van der Waals surface area contributed by atoms with Gasteiger partial charge in [-0.15, -0.1) is 11.3 Å². The summed E-state index contributed by atoms with van der Waals surface area (Å²) in [5.41, 5.74) is -0.681. The SMILES string of the molecule is Cc1nc2ccc(F)cc2c(=O)n1-c1ncc(NC(=O)NS(=O)(=O)c2ccc(Cl)s2)cc1F. The Labute approximate surface area is 193 Å². The summed E-state index contributed by atoms with van der Waals surface area (Å²) in [7, 11) is -4.18. The number of carbonyl (C=O) groups is 1. The molecule has 0 radical (unpaired) electrons. The van der Waals surface area contributed by atoms with E-state index in [1.54, 1.807) is 4.72 Å². The van der Waals surface area contributed by atoms with Gasteiger partial charge in [0.05, 0.1) is 27.1 Å². The van der Waals surface area contributed by atoms with Crippen LogP contribution in [0.1, 0.15) is 5.82 Å². The third-order valence-corrected chi connectivity index (χ3v) is 7.38. The first-order valence-electron chi connectivity index (χ1n) is 8.99. The molecule has 0 atom stereocenters. The second-order valence-electron chi connectivity index (χ2n) is 6.61. The van der Waals surface area contributed by atoms with Crippen molar-refractivity contribution in [2.45, 2.75) is 11.1 Å². The number of sulfonamides is 1. The van der Waals surface area contributed by atoms with Crippen LogP contribution in [-0.2, 0) is 10.0 Å². The van der Waals surface area contributed by atoms with Crippen LogP contribution in [0.2, 0.25) is 4.34 Å². The van der Waals surface area contributed by atoms with Crippen molar-refractivity contribution in [3.63, 3.8) is 0 Å². The fourth-order valence-corrected chi connectivity index (χ4v) is 5.34. The molecule has 0 aliphatic heterocycles. The van der Waals surface area contributed by atoms with Crippen LogP contribution >= 0.6 is 22.9 Å². The molecule has 0 unspecified atom stereocenters. The van der Waals surface area contributed by atoms with Gasteiger partial charge in [-0.05, 0) is 37.3 Å². The summed E-state index contributed by atoms with van der Waals surface area (Å²) in [6.07, 6.45) is 1.02. The van der Waals surface area contributed by atoms with Crippen LogP contribution in [0.3, 0.4) is 0 Å². The minimum absolute atomic E-state index is 0.0673. The molecule has 2 N–H and O–H groups in total. The van der Waals surface area contributed by atoms with Gasteiger partial charge in [0.2, 0.25) is 0 Å². The lowest BCUT2D eigenvalue weighted by molar-refractivity contribution is 0.256. The predicted molar refractivity (Wildman–Crippen MR) is 118 cm³/mol. The molecule has 0 saturated carbocycles. The average molecular weight is 512 g/mol. The van der Waals surface area contributed by atoms with Crippen LogP contribution in [0, 0.1) is 18.6 Å². The second kappa shape index (κ2) is 8.50. The normalized spacial score (nSPS) is 11.5. The molecule has 3 aromatic heterocycles. The Morgan fingerprint density at radius 3 is 2.61 bits per heavy atom. The zero-order valence-electron chi connectivity index (χ0n) is 16.5. The van der Waals surface area contributed by atoms with E-state index in [4.69, 9.17) is 11.6 Å². The number of thiophene rings is 1. The Kier molecular flexibility index (Phi) is 5.86. The van der Waals surface area contributed by atoms with Gasteiger partial charge in [-0.3, -0.25) is 4.79 Å². The highest BCUT2D eigenvalue weighted by Crippen LogP contribution is 2.25. The first kappa shape index (κ1) is 22.8. The van der Waals surface area contributed by atoms with E-state index in [-0.39, 0.29) is 31.0 Å². The molecule has 170 valence electrons. The fraction of sp³-hybridized carbons (Fsp3) is 0.0526. The highest BCUT2D eigenvalue weighted by molar-refractivity contribution is 7.92. The topological polar surface area (TPSA) is 123 Å². The number of nitrogens with zero attached hydrogens (tertiary/aromatic N) is 3. The van der Waals surface area contributed by atoms with E-state index in [1.807, 2.05) is 0 Å². The van der Waals surface area contributed by atoms with Crippen molar-refractivity contribution in [3.05, 3.63) is 74.7 Å². The Bertz CT molecular complexity index is 1590. The molecule has 9 nitrogen and oxygen atoms in total. The Balaban J connectivity index is 1.62. The Morgan fingerprint density at radius 1 is 1.18 bits per heavy atom. The first-order valence-corrected chi connectivity index (χ1v) is 11.7. The van der Waals surface area contributed by atoms with E-state index >= 15 is 0 Å². The van der Waals surface area contributed by atoms with Crippen molar-refractivity contribution in [3.8, 4) is 5.82 Å². The van der Waals surface area contributed by atoms with Gasteiger partial charge in [0.15, 0.2) is 11.6 Å². The van der Waals surface area contributed by atoms with Crippen LogP contribution in [0.15, 0.2) is 51.6 Å². The van der Waals surface area contributed by atoms with Crippen molar-refractivity contribution >= 4 is 55.6 Å². The molecule has 1 aromatic carbocycles. The number of fused-ring (bicyclic) bond motifs is 1. The van der Waals surface area contributed by atoms with Crippen LogP contribution in [-0.4, -0.2) is 29.0 Å². The number of hydrogen-bond donors (Lipinski definition) is 2. The third kappa shape index (κ3) is 4.55. The number of nitrogens with one attached hydrogen (secondary N) is 2. The standard InChI is InChI=1S/C19H12ClF2N5O4S2/c1-9-24-14-3-2-10(21)6-12(14)18(28)27(9)17-13(22)7-11(8-23-17)25-19(29)26-33(30,31)16-5-4-15(20)32-16/h2-8H,1H3,(H2,25,26,29). The van der Waals surface area contributed by atoms with Crippen LogP contribution in [0.25, 0.3) is 16.7 Å². The summed E-state index contributed by atoms with van der Waals surface area (Å²) in [6, 6.07) is 5.73. The Morgan fingerprint density at radius 2 is 1.94 bits per heavy atom. The zero-order valence-corrected chi connectivity index (χ0v) is 18.9. The third-order valence-electron chi connectivity index (χ3n) is 4.33. The van der Waals surface area contributed by atoms with Gasteiger partial charge in [-0.1, -0.05) is 11.6 Å². The number of anilines is 1. The molecule has 4 aromatic rings. The van der Waals surface area contributed by atoms with Crippen molar-refractivity contribution in [1.82, 2.24) is 19.3 Å². The molecule has 2 amide bonds. The summed E-state index contributed by atoms with van der Waals surface area (Å²) in [4.78, 5) is 32.9. The molecule has 14 heteroatoms. The summed E-state index contributed by atoms with van der Waals surface area (Å²) in [6.45, 7) is 1.45. The molecule has 0 aliphatic rings. The van der Waals surface area contributed by atoms with Crippen molar-refractivity contribution in [1.29, 1.82) is 0 Å². The van der Waals surface area contributed by atoms with Gasteiger partial charge in [0.1, 0.15) is 15.9 Å². The maximum Gasteiger partial charge on any atom is 0.333 e. The number of rotatable bonds is 4. The molecule has 4 rings (SSSR count). The monoisotopic (exact) mass is 511 g/mol.